The minimum absolute atomic E-state index is 0.00994. The molecule has 4 saturated heterocycles. The molecule has 0 radical (unpaired) electrons. The number of amides is 1. The number of ketones is 2. The van der Waals surface area contributed by atoms with E-state index in [1.807, 2.05) is 13.8 Å². The monoisotopic (exact) mass is 669 g/mol. The number of rotatable bonds is 6. The number of ether oxygens (including phenoxy) is 5. The molecule has 11 atom stereocenters. The molecule has 0 saturated carbocycles. The molecule has 7 rings (SSSR count). The molecule has 48 heavy (non-hydrogen) atoms. The van der Waals surface area contributed by atoms with E-state index in [2.05, 4.69) is 26.1 Å². The SMILES string of the molecule is CCCC(=O)N/C=C\C=C\CC1OC(=O)/C=C(\C)[C@H](C)C[C@H]2OC2C2CC[C@H]3OC4(CCC3(C)O2)O[C@@H](CC(=O)[C@@H](C)CC1=O)C[C@@H]4C. The van der Waals surface area contributed by atoms with Gasteiger partial charge in [0.05, 0.1) is 30.0 Å². The van der Waals surface area contributed by atoms with Crippen molar-refractivity contribution in [2.24, 2.45) is 17.8 Å². The van der Waals surface area contributed by atoms with Gasteiger partial charge in [-0.2, -0.15) is 0 Å². The molecule has 4 fully saturated rings. The van der Waals surface area contributed by atoms with Gasteiger partial charge in [0, 0.05) is 56.2 Å². The van der Waals surface area contributed by atoms with E-state index in [1.54, 1.807) is 25.2 Å². The highest BCUT2D eigenvalue weighted by Crippen LogP contribution is 2.52. The number of hydrogen-bond acceptors (Lipinski definition) is 9. The molecular formula is C38H55NO9. The van der Waals surface area contributed by atoms with Gasteiger partial charge in [-0.1, -0.05) is 45.4 Å². The average Bonchev–Trinajstić information content (AvgIpc) is 3.73. The van der Waals surface area contributed by atoms with E-state index in [1.165, 1.54) is 12.3 Å². The summed E-state index contributed by atoms with van der Waals surface area (Å²) < 4.78 is 31.9. The number of hydrogen-bond donors (Lipinski definition) is 1. The predicted octanol–water partition coefficient (Wildman–Crippen LogP) is 5.82. The molecule has 7 aliphatic rings. The van der Waals surface area contributed by atoms with Crippen molar-refractivity contribution >= 4 is 23.4 Å². The topological polar surface area (TPSA) is 130 Å². The molecule has 10 heteroatoms. The Morgan fingerprint density at radius 1 is 0.958 bits per heavy atom. The summed E-state index contributed by atoms with van der Waals surface area (Å²) in [6.45, 7) is 11.9. The largest absolute Gasteiger partial charge is 0.451 e. The van der Waals surface area contributed by atoms with Crippen LogP contribution in [-0.2, 0) is 42.9 Å². The van der Waals surface area contributed by atoms with E-state index in [-0.39, 0.29) is 79.1 Å². The highest BCUT2D eigenvalue weighted by Gasteiger charge is 2.59. The fraction of sp³-hybridized carbons (Fsp3) is 0.737. The maximum atomic E-state index is 13.5. The molecule has 5 bridgehead atoms. The first kappa shape index (κ1) is 36.6. The maximum absolute atomic E-state index is 13.5. The van der Waals surface area contributed by atoms with Crippen molar-refractivity contribution in [1.29, 1.82) is 0 Å². The highest BCUT2D eigenvalue weighted by molar-refractivity contribution is 5.92. The van der Waals surface area contributed by atoms with Crippen LogP contribution >= 0.6 is 0 Å². The van der Waals surface area contributed by atoms with Gasteiger partial charge in [0.1, 0.15) is 11.9 Å². The second-order valence-corrected chi connectivity index (χ2v) is 15.0. The van der Waals surface area contributed by atoms with Crippen LogP contribution in [-0.4, -0.2) is 71.5 Å². The van der Waals surface area contributed by atoms with Crippen LogP contribution in [0.2, 0.25) is 0 Å². The summed E-state index contributed by atoms with van der Waals surface area (Å²) in [7, 11) is 0. The molecule has 1 amide bonds. The summed E-state index contributed by atoms with van der Waals surface area (Å²) in [5.74, 6) is -2.16. The second kappa shape index (κ2) is 15.5. The first-order valence-corrected chi connectivity index (χ1v) is 18.1. The third-order valence-corrected chi connectivity index (χ3v) is 11.1. The van der Waals surface area contributed by atoms with Crippen molar-refractivity contribution in [3.63, 3.8) is 0 Å². The Labute approximate surface area is 285 Å². The number of nitrogens with one attached hydrogen (secondary N) is 1. The van der Waals surface area contributed by atoms with Crippen molar-refractivity contribution in [3.05, 3.63) is 36.1 Å². The Balaban J connectivity index is 1.31. The molecule has 0 aliphatic carbocycles. The zero-order valence-corrected chi connectivity index (χ0v) is 29.5. The van der Waals surface area contributed by atoms with Crippen molar-refractivity contribution in [2.75, 3.05) is 0 Å². The third kappa shape index (κ3) is 8.73. The number of epoxide rings is 1. The first-order chi connectivity index (χ1) is 22.8. The maximum Gasteiger partial charge on any atom is 0.331 e. The van der Waals surface area contributed by atoms with Gasteiger partial charge in [0.25, 0.3) is 0 Å². The van der Waals surface area contributed by atoms with E-state index in [0.29, 0.717) is 19.3 Å². The lowest BCUT2D eigenvalue weighted by Gasteiger charge is -2.53. The van der Waals surface area contributed by atoms with E-state index in [9.17, 15) is 19.2 Å². The van der Waals surface area contributed by atoms with Crippen LogP contribution in [0.25, 0.3) is 0 Å². The number of carbonyl (C=O) groups excluding carboxylic acids is 4. The Hall–Kier alpha value is -2.66. The molecule has 1 N–H and O–H groups in total. The minimum atomic E-state index is -1.05. The lowest BCUT2D eigenvalue weighted by Crippen LogP contribution is -2.60. The number of esters is 1. The predicted molar refractivity (Wildman–Crippen MR) is 178 cm³/mol. The van der Waals surface area contributed by atoms with Crippen LogP contribution in [0.4, 0.5) is 0 Å². The molecule has 266 valence electrons. The molecule has 7 aliphatic heterocycles. The molecule has 10 nitrogen and oxygen atoms in total. The van der Waals surface area contributed by atoms with Gasteiger partial charge in [-0.25, -0.2) is 4.79 Å². The Morgan fingerprint density at radius 2 is 1.75 bits per heavy atom. The summed E-state index contributed by atoms with van der Waals surface area (Å²) in [4.78, 5) is 51.7. The zero-order valence-electron chi connectivity index (χ0n) is 29.5. The Kier molecular flexibility index (Phi) is 11.8. The van der Waals surface area contributed by atoms with Crippen LogP contribution in [0.15, 0.2) is 36.1 Å². The van der Waals surface area contributed by atoms with Crippen molar-refractivity contribution in [2.45, 2.75) is 160 Å². The fourth-order valence-corrected chi connectivity index (χ4v) is 7.76. The van der Waals surface area contributed by atoms with Gasteiger partial charge < -0.3 is 29.0 Å². The standard InChI is InChI=1S/C38H55NO9/c1-7-11-34(42)39-17-10-8-9-12-30-29(41)18-25(4)28(40)22-27-21-26(5)38(46-27)16-15-37(6)33(48-38)14-13-31(47-37)36-32(45-36)19-23(2)24(3)20-35(43)44-30/h8-10,17,20,23,25-27,30-33,36H,7,11-16,18-19,21-22H2,1-6H3,(H,39,42)/b9-8+,17-10-,24-20+/t23-,25+,26+,27-,30?,31?,32-,33-,36?,37?,38?/m1/s1. The normalized spacial score (nSPS) is 42.2. The van der Waals surface area contributed by atoms with Gasteiger partial charge in [-0.15, -0.1) is 0 Å². The molecular weight excluding hydrogens is 614 g/mol. The molecule has 0 aromatic carbocycles. The smallest absolute Gasteiger partial charge is 0.331 e. The quantitative estimate of drug-likeness (QED) is 0.211. The van der Waals surface area contributed by atoms with Gasteiger partial charge in [0.2, 0.25) is 5.91 Å². The lowest BCUT2D eigenvalue weighted by molar-refractivity contribution is -0.344. The summed E-state index contributed by atoms with van der Waals surface area (Å²) in [6, 6.07) is 0. The number of Topliss-reactive ketones (excluding diaryl/α,β-unsaturated/α-hetero) is 2. The van der Waals surface area contributed by atoms with Crippen molar-refractivity contribution in [3.8, 4) is 0 Å². The summed E-state index contributed by atoms with van der Waals surface area (Å²) in [6.07, 6.45) is 12.8. The Morgan fingerprint density at radius 3 is 2.52 bits per heavy atom. The summed E-state index contributed by atoms with van der Waals surface area (Å²) in [5, 5.41) is 2.68. The first-order valence-electron chi connectivity index (χ1n) is 18.1. The van der Waals surface area contributed by atoms with Crippen LogP contribution < -0.4 is 5.32 Å². The lowest BCUT2D eigenvalue weighted by atomic mass is 9.78. The molecule has 0 aromatic heterocycles. The third-order valence-electron chi connectivity index (χ3n) is 11.1. The summed E-state index contributed by atoms with van der Waals surface area (Å²) >= 11 is 0. The van der Waals surface area contributed by atoms with Gasteiger partial charge in [0.15, 0.2) is 17.7 Å². The van der Waals surface area contributed by atoms with Crippen LogP contribution in [0.1, 0.15) is 112 Å². The van der Waals surface area contributed by atoms with Crippen molar-refractivity contribution in [1.82, 2.24) is 5.32 Å². The molecule has 1 spiro atoms. The van der Waals surface area contributed by atoms with Gasteiger partial charge >= 0.3 is 5.97 Å². The van der Waals surface area contributed by atoms with Crippen molar-refractivity contribution < 1.29 is 42.9 Å². The van der Waals surface area contributed by atoms with E-state index in [0.717, 1.165) is 37.7 Å². The minimum Gasteiger partial charge on any atom is -0.451 e. The number of allylic oxidation sites excluding steroid dienone is 3. The van der Waals surface area contributed by atoms with Crippen LogP contribution in [0, 0.1) is 17.8 Å². The van der Waals surface area contributed by atoms with Gasteiger partial charge in [-0.3, -0.25) is 14.4 Å². The van der Waals surface area contributed by atoms with E-state index < -0.39 is 29.4 Å². The zero-order chi connectivity index (χ0) is 34.6. The van der Waals surface area contributed by atoms with Crippen LogP contribution in [0.5, 0.6) is 0 Å². The molecule has 0 aromatic rings. The van der Waals surface area contributed by atoms with E-state index in [4.69, 9.17) is 23.7 Å². The summed E-state index contributed by atoms with van der Waals surface area (Å²) in [5.41, 5.74) is 0.422. The van der Waals surface area contributed by atoms with Crippen LogP contribution in [0.3, 0.4) is 0 Å². The average molecular weight is 670 g/mol. The highest BCUT2D eigenvalue weighted by atomic mass is 16.7. The molecule has 7 heterocycles. The Bertz CT molecular complexity index is 1310. The van der Waals surface area contributed by atoms with E-state index >= 15 is 0 Å². The van der Waals surface area contributed by atoms with Gasteiger partial charge in [-0.05, 0) is 64.4 Å². The number of fused-ring (bicyclic) bond motifs is 2. The second-order valence-electron chi connectivity index (χ2n) is 15.0. The fourth-order valence-electron chi connectivity index (χ4n) is 7.76. The molecule has 5 unspecified atom stereocenters. The number of carbonyl (C=O) groups is 4.